The predicted molar refractivity (Wildman–Crippen MR) is 99.4 cm³/mol. The van der Waals surface area contributed by atoms with Crippen LogP contribution in [0.3, 0.4) is 0 Å². The monoisotopic (exact) mass is 397 g/mol. The van der Waals surface area contributed by atoms with E-state index in [4.69, 9.17) is 9.15 Å². The van der Waals surface area contributed by atoms with E-state index in [1.165, 1.54) is 19.1 Å². The third-order valence-electron chi connectivity index (χ3n) is 5.32. The minimum absolute atomic E-state index is 0.0136. The van der Waals surface area contributed by atoms with Crippen LogP contribution in [0.25, 0.3) is 5.76 Å². The van der Waals surface area contributed by atoms with E-state index in [9.17, 15) is 24.6 Å². The number of ether oxygens (including phenoxy) is 1. The van der Waals surface area contributed by atoms with Crippen molar-refractivity contribution < 1.29 is 33.8 Å². The molecule has 0 radical (unpaired) electrons. The topological polar surface area (TPSA) is 126 Å². The molecule has 1 unspecified atom stereocenters. The van der Waals surface area contributed by atoms with Gasteiger partial charge in [0.15, 0.2) is 17.6 Å². The largest absolute Gasteiger partial charge is 0.462 e. The zero-order valence-corrected chi connectivity index (χ0v) is 15.8. The van der Waals surface area contributed by atoms with E-state index in [2.05, 4.69) is 5.32 Å². The first-order valence-electron chi connectivity index (χ1n) is 9.12. The Morgan fingerprint density at radius 3 is 2.48 bits per heavy atom. The Kier molecular flexibility index (Phi) is 4.21. The van der Waals surface area contributed by atoms with Gasteiger partial charge < -0.3 is 24.7 Å². The van der Waals surface area contributed by atoms with Crippen LogP contribution in [0.4, 0.5) is 0 Å². The Morgan fingerprint density at radius 1 is 1.17 bits per heavy atom. The number of ketones is 2. The Bertz CT molecular complexity index is 1050. The van der Waals surface area contributed by atoms with Crippen molar-refractivity contribution in [3.05, 3.63) is 65.1 Å². The third-order valence-corrected chi connectivity index (χ3v) is 5.32. The molecule has 1 spiro atoms. The second-order valence-corrected chi connectivity index (χ2v) is 7.06. The van der Waals surface area contributed by atoms with E-state index in [1.54, 1.807) is 30.3 Å². The molecule has 8 nitrogen and oxygen atoms in total. The van der Waals surface area contributed by atoms with Gasteiger partial charge in [-0.2, -0.15) is 0 Å². The number of amides is 1. The summed E-state index contributed by atoms with van der Waals surface area (Å²) in [5.41, 5.74) is -5.09. The Hall–Kier alpha value is -3.23. The summed E-state index contributed by atoms with van der Waals surface area (Å²) in [5, 5.41) is 23.8. The van der Waals surface area contributed by atoms with Crippen molar-refractivity contribution in [2.24, 2.45) is 0 Å². The smallest absolute Gasteiger partial charge is 0.279 e. The number of furan rings is 1. The van der Waals surface area contributed by atoms with Crippen molar-refractivity contribution >= 4 is 23.2 Å². The lowest BCUT2D eigenvalue weighted by atomic mass is 9.85. The molecule has 29 heavy (non-hydrogen) atoms. The molecule has 150 valence electrons. The summed E-state index contributed by atoms with van der Waals surface area (Å²) < 4.78 is 11.2. The number of hydrogen-bond acceptors (Lipinski definition) is 7. The van der Waals surface area contributed by atoms with Gasteiger partial charge in [0.2, 0.25) is 17.3 Å². The molecular weight excluding hydrogens is 378 g/mol. The van der Waals surface area contributed by atoms with Crippen molar-refractivity contribution in [2.45, 2.75) is 37.7 Å². The summed E-state index contributed by atoms with van der Waals surface area (Å²) in [5.74, 6) is -2.05. The van der Waals surface area contributed by atoms with Gasteiger partial charge in [-0.15, -0.1) is 0 Å². The maximum atomic E-state index is 13.0. The molecule has 3 N–H and O–H groups in total. The summed E-state index contributed by atoms with van der Waals surface area (Å²) in [6.07, 6.45) is -1.56. The number of nitrogens with one attached hydrogen (secondary N) is 1. The molecule has 2 aliphatic rings. The first kappa shape index (κ1) is 19.1. The fourth-order valence-electron chi connectivity index (χ4n) is 3.66. The minimum atomic E-state index is -2.72. The number of hydrogen-bond donors (Lipinski definition) is 3. The SMILES string of the molecule is CCc1ccc(C2=C(C)C(=O)C3(O2)C(=O)N[C@](O)(C(=O)c2ccccc2)[C@@H]3O)o1. The van der Waals surface area contributed by atoms with Gasteiger partial charge in [0.1, 0.15) is 5.76 Å². The zero-order valence-electron chi connectivity index (χ0n) is 15.8. The Balaban J connectivity index is 1.73. The summed E-state index contributed by atoms with van der Waals surface area (Å²) in [6.45, 7) is 3.31. The van der Waals surface area contributed by atoms with Crippen LogP contribution in [0.2, 0.25) is 0 Å². The summed E-state index contributed by atoms with van der Waals surface area (Å²) in [7, 11) is 0. The molecule has 8 heteroatoms. The lowest BCUT2D eigenvalue weighted by Gasteiger charge is -2.29. The highest BCUT2D eigenvalue weighted by Gasteiger charge is 2.73. The molecule has 0 bridgehead atoms. The van der Waals surface area contributed by atoms with Crippen LogP contribution in [0.15, 0.2) is 52.5 Å². The number of aliphatic hydroxyl groups is 2. The fraction of sp³-hybridized carbons (Fsp3) is 0.286. The molecule has 2 aromatic rings. The van der Waals surface area contributed by atoms with Crippen molar-refractivity contribution in [1.82, 2.24) is 5.32 Å². The van der Waals surface area contributed by atoms with E-state index < -0.39 is 34.9 Å². The van der Waals surface area contributed by atoms with Crippen molar-refractivity contribution in [2.75, 3.05) is 0 Å². The lowest BCUT2D eigenvalue weighted by molar-refractivity contribution is -0.154. The number of aryl methyl sites for hydroxylation is 1. The average Bonchev–Trinajstić information content (AvgIpc) is 3.36. The first-order chi connectivity index (χ1) is 13.8. The maximum Gasteiger partial charge on any atom is 0.279 e. The van der Waals surface area contributed by atoms with Crippen LogP contribution in [0, 0.1) is 0 Å². The van der Waals surface area contributed by atoms with E-state index >= 15 is 0 Å². The molecular formula is C21H19NO7. The van der Waals surface area contributed by atoms with Gasteiger partial charge in [0.05, 0.1) is 0 Å². The highest BCUT2D eigenvalue weighted by Crippen LogP contribution is 2.45. The minimum Gasteiger partial charge on any atom is -0.462 e. The molecule has 1 saturated heterocycles. The van der Waals surface area contributed by atoms with Crippen molar-refractivity contribution in [1.29, 1.82) is 0 Å². The molecule has 0 aliphatic carbocycles. The van der Waals surface area contributed by atoms with Gasteiger partial charge in [0.25, 0.3) is 11.5 Å². The maximum absolute atomic E-state index is 13.0. The first-order valence-corrected chi connectivity index (χ1v) is 9.12. The number of carbonyl (C=O) groups excluding carboxylic acids is 3. The van der Waals surface area contributed by atoms with Crippen LogP contribution >= 0.6 is 0 Å². The zero-order chi connectivity index (χ0) is 21.0. The third kappa shape index (κ3) is 2.49. The highest BCUT2D eigenvalue weighted by molar-refractivity contribution is 6.25. The van der Waals surface area contributed by atoms with Gasteiger partial charge in [-0.25, -0.2) is 0 Å². The second kappa shape index (κ2) is 6.40. The van der Waals surface area contributed by atoms with Crippen molar-refractivity contribution in [3.63, 3.8) is 0 Å². The van der Waals surface area contributed by atoms with Gasteiger partial charge in [-0.3, -0.25) is 14.4 Å². The molecule has 1 fully saturated rings. The summed E-state index contributed by atoms with van der Waals surface area (Å²) in [6, 6.07) is 10.9. The fourth-order valence-corrected chi connectivity index (χ4v) is 3.66. The molecule has 3 heterocycles. The number of rotatable bonds is 4. The average molecular weight is 397 g/mol. The van der Waals surface area contributed by atoms with Gasteiger partial charge in [-0.1, -0.05) is 37.3 Å². The quantitative estimate of drug-likeness (QED) is 0.518. The molecule has 0 saturated carbocycles. The van der Waals surface area contributed by atoms with Crippen LogP contribution in [0.1, 0.15) is 35.7 Å². The van der Waals surface area contributed by atoms with Crippen LogP contribution < -0.4 is 5.32 Å². The van der Waals surface area contributed by atoms with Gasteiger partial charge >= 0.3 is 0 Å². The Labute approximate surface area is 165 Å². The van der Waals surface area contributed by atoms with Crippen LogP contribution in [-0.2, 0) is 20.7 Å². The molecule has 4 rings (SSSR count). The molecule has 1 aromatic heterocycles. The van der Waals surface area contributed by atoms with E-state index in [0.717, 1.165) is 0 Å². The standard InChI is InChI=1S/C21H19NO7/c1-3-13-9-10-14(28-13)15-11(2)16(23)20(29-15)18(25)21(27,22-19(20)26)17(24)12-7-5-4-6-8-12/h4-10,18,25,27H,3H2,1-2H3,(H,22,26)/t18-,20?,21+/m1/s1. The normalized spacial score (nSPS) is 28.8. The number of aliphatic hydroxyl groups excluding tert-OH is 1. The molecule has 1 amide bonds. The lowest BCUT2D eigenvalue weighted by Crippen LogP contribution is -2.59. The van der Waals surface area contributed by atoms with E-state index in [1.807, 2.05) is 6.92 Å². The number of carbonyl (C=O) groups is 3. The van der Waals surface area contributed by atoms with Crippen LogP contribution in [-0.4, -0.2) is 45.1 Å². The molecule has 1 aromatic carbocycles. The second-order valence-electron chi connectivity index (χ2n) is 7.06. The molecule has 2 aliphatic heterocycles. The predicted octanol–water partition coefficient (Wildman–Crippen LogP) is 0.973. The number of benzene rings is 1. The Morgan fingerprint density at radius 2 is 1.86 bits per heavy atom. The number of Topliss-reactive ketones (excluding diaryl/α,β-unsaturated/α-hetero) is 2. The highest BCUT2D eigenvalue weighted by atomic mass is 16.6. The van der Waals surface area contributed by atoms with E-state index in [-0.39, 0.29) is 22.7 Å². The molecule has 3 atom stereocenters. The van der Waals surface area contributed by atoms with Crippen LogP contribution in [0.5, 0.6) is 0 Å². The van der Waals surface area contributed by atoms with Crippen molar-refractivity contribution in [3.8, 4) is 0 Å². The van der Waals surface area contributed by atoms with E-state index in [0.29, 0.717) is 12.2 Å². The summed E-state index contributed by atoms with van der Waals surface area (Å²) >= 11 is 0. The summed E-state index contributed by atoms with van der Waals surface area (Å²) in [4.78, 5) is 38.6. The van der Waals surface area contributed by atoms with Gasteiger partial charge in [-0.05, 0) is 19.1 Å². The van der Waals surface area contributed by atoms with Gasteiger partial charge in [0, 0.05) is 17.6 Å².